The monoisotopic (exact) mass is 352 g/mol. The van der Waals surface area contributed by atoms with E-state index in [1.165, 1.54) is 17.3 Å². The summed E-state index contributed by atoms with van der Waals surface area (Å²) in [5, 5.41) is 9.23. The molecule has 0 bridgehead atoms. The lowest BCUT2D eigenvalue weighted by Gasteiger charge is -2.16. The number of rotatable bonds is 5. The number of carbonyl (C=O) groups is 1. The third-order valence-corrected chi connectivity index (χ3v) is 4.96. The Morgan fingerprint density at radius 2 is 1.88 bits per heavy atom. The summed E-state index contributed by atoms with van der Waals surface area (Å²) in [6.07, 6.45) is 0. The largest absolute Gasteiger partial charge is 0.315 e. The molecule has 1 aromatic heterocycles. The predicted molar refractivity (Wildman–Crippen MR) is 102 cm³/mol. The van der Waals surface area contributed by atoms with Crippen LogP contribution in [0.25, 0.3) is 11.4 Å². The van der Waals surface area contributed by atoms with E-state index in [0.29, 0.717) is 5.75 Å². The second-order valence-electron chi connectivity index (χ2n) is 5.81. The molecule has 5 nitrogen and oxygen atoms in total. The van der Waals surface area contributed by atoms with Crippen LogP contribution in [0.3, 0.4) is 0 Å². The Morgan fingerprint density at radius 3 is 2.60 bits per heavy atom. The van der Waals surface area contributed by atoms with Gasteiger partial charge in [-0.05, 0) is 25.1 Å². The molecule has 0 aliphatic rings. The summed E-state index contributed by atoms with van der Waals surface area (Å²) < 4.78 is 1.93. The molecule has 0 radical (unpaired) electrons. The van der Waals surface area contributed by atoms with Crippen molar-refractivity contribution in [3.63, 3.8) is 0 Å². The Labute approximate surface area is 151 Å². The van der Waals surface area contributed by atoms with E-state index in [4.69, 9.17) is 0 Å². The van der Waals surface area contributed by atoms with Crippen molar-refractivity contribution in [1.29, 1.82) is 0 Å². The Bertz CT molecular complexity index is 876. The number of thioether (sulfide) groups is 1. The highest BCUT2D eigenvalue weighted by atomic mass is 32.2. The molecule has 0 unspecified atom stereocenters. The molecule has 128 valence electrons. The van der Waals surface area contributed by atoms with Crippen molar-refractivity contribution in [3.05, 3.63) is 60.2 Å². The number of amides is 1. The zero-order valence-electron chi connectivity index (χ0n) is 14.5. The van der Waals surface area contributed by atoms with Gasteiger partial charge in [0.2, 0.25) is 5.91 Å². The molecule has 2 aromatic carbocycles. The molecule has 25 heavy (non-hydrogen) atoms. The van der Waals surface area contributed by atoms with Crippen LogP contribution in [-0.2, 0) is 11.8 Å². The number of aromatic nitrogens is 3. The predicted octanol–water partition coefficient (Wildman–Crippen LogP) is 3.55. The molecule has 1 amide bonds. The molecule has 0 saturated carbocycles. The van der Waals surface area contributed by atoms with E-state index in [1.54, 1.807) is 11.9 Å². The molecule has 0 atom stereocenters. The molecule has 0 spiro atoms. The fourth-order valence-electron chi connectivity index (χ4n) is 2.49. The van der Waals surface area contributed by atoms with Crippen molar-refractivity contribution in [3.8, 4) is 11.4 Å². The molecule has 0 fully saturated rings. The average molecular weight is 352 g/mol. The van der Waals surface area contributed by atoms with Gasteiger partial charge in [-0.3, -0.25) is 4.79 Å². The number of nitrogens with zero attached hydrogens (tertiary/aromatic N) is 4. The van der Waals surface area contributed by atoms with E-state index in [9.17, 15) is 4.79 Å². The van der Waals surface area contributed by atoms with Gasteiger partial charge in [0.05, 0.1) is 5.75 Å². The minimum atomic E-state index is 0.0244. The molecule has 1 heterocycles. The first-order chi connectivity index (χ1) is 12.1. The van der Waals surface area contributed by atoms with E-state index in [0.717, 1.165) is 22.2 Å². The van der Waals surface area contributed by atoms with Gasteiger partial charge in [0.15, 0.2) is 11.0 Å². The van der Waals surface area contributed by atoms with Crippen LogP contribution < -0.4 is 4.90 Å². The van der Waals surface area contributed by atoms with Gasteiger partial charge in [0.25, 0.3) is 0 Å². The normalized spacial score (nSPS) is 10.7. The molecule has 3 aromatic rings. The number of anilines is 1. The summed E-state index contributed by atoms with van der Waals surface area (Å²) in [5.74, 6) is 1.14. The number of hydrogen-bond acceptors (Lipinski definition) is 4. The van der Waals surface area contributed by atoms with Gasteiger partial charge in [0.1, 0.15) is 0 Å². The molecule has 0 aliphatic heterocycles. The van der Waals surface area contributed by atoms with Crippen LogP contribution >= 0.6 is 11.8 Å². The topological polar surface area (TPSA) is 51.0 Å². The van der Waals surface area contributed by atoms with Crippen molar-refractivity contribution in [1.82, 2.24) is 14.8 Å². The first-order valence-electron chi connectivity index (χ1n) is 7.97. The molecule has 6 heteroatoms. The molecular formula is C19H20N4OS. The fraction of sp³-hybridized carbons (Fsp3) is 0.211. The third kappa shape index (κ3) is 3.91. The second-order valence-corrected chi connectivity index (χ2v) is 6.75. The summed E-state index contributed by atoms with van der Waals surface area (Å²) >= 11 is 1.40. The number of benzene rings is 2. The van der Waals surface area contributed by atoms with Crippen LogP contribution in [0, 0.1) is 6.92 Å². The van der Waals surface area contributed by atoms with E-state index < -0.39 is 0 Å². The maximum absolute atomic E-state index is 12.4. The van der Waals surface area contributed by atoms with Crippen molar-refractivity contribution in [2.75, 3.05) is 17.7 Å². The number of para-hydroxylation sites is 1. The SMILES string of the molecule is Cc1cccc(-c2nnc(SCC(=O)N(C)c3ccccc3)n2C)c1. The molecule has 3 rings (SSSR count). The lowest BCUT2D eigenvalue weighted by Crippen LogP contribution is -2.27. The van der Waals surface area contributed by atoms with E-state index in [-0.39, 0.29) is 5.91 Å². The minimum absolute atomic E-state index is 0.0244. The Hall–Kier alpha value is -2.60. The quantitative estimate of drug-likeness (QED) is 0.659. The van der Waals surface area contributed by atoms with E-state index >= 15 is 0 Å². The van der Waals surface area contributed by atoms with E-state index in [2.05, 4.69) is 16.3 Å². The van der Waals surface area contributed by atoms with Crippen molar-refractivity contribution < 1.29 is 4.79 Å². The average Bonchev–Trinajstić information content (AvgIpc) is 3.00. The number of hydrogen-bond donors (Lipinski definition) is 0. The summed E-state index contributed by atoms with van der Waals surface area (Å²) in [6.45, 7) is 2.05. The summed E-state index contributed by atoms with van der Waals surface area (Å²) in [5.41, 5.74) is 3.08. The second kappa shape index (κ2) is 7.53. The molecular weight excluding hydrogens is 332 g/mol. The van der Waals surface area contributed by atoms with Crippen LogP contribution in [0.15, 0.2) is 59.8 Å². The lowest BCUT2D eigenvalue weighted by atomic mass is 10.1. The number of carbonyl (C=O) groups excluding carboxylic acids is 1. The van der Waals surface area contributed by atoms with Crippen LogP contribution in [-0.4, -0.2) is 33.5 Å². The van der Waals surface area contributed by atoms with Gasteiger partial charge in [-0.1, -0.05) is 53.7 Å². The first-order valence-corrected chi connectivity index (χ1v) is 8.95. The van der Waals surface area contributed by atoms with Crippen LogP contribution in [0.1, 0.15) is 5.56 Å². The van der Waals surface area contributed by atoms with Crippen molar-refractivity contribution in [2.45, 2.75) is 12.1 Å². The summed E-state index contributed by atoms with van der Waals surface area (Å²) in [7, 11) is 3.71. The van der Waals surface area contributed by atoms with E-state index in [1.807, 2.05) is 67.1 Å². The minimum Gasteiger partial charge on any atom is -0.315 e. The number of aryl methyl sites for hydroxylation is 1. The van der Waals surface area contributed by atoms with Crippen molar-refractivity contribution >= 4 is 23.4 Å². The zero-order valence-corrected chi connectivity index (χ0v) is 15.3. The van der Waals surface area contributed by atoms with Gasteiger partial charge >= 0.3 is 0 Å². The van der Waals surface area contributed by atoms with Crippen LogP contribution in [0.4, 0.5) is 5.69 Å². The van der Waals surface area contributed by atoms with Gasteiger partial charge in [-0.15, -0.1) is 10.2 Å². The highest BCUT2D eigenvalue weighted by Gasteiger charge is 2.15. The van der Waals surface area contributed by atoms with Gasteiger partial charge < -0.3 is 9.47 Å². The maximum atomic E-state index is 12.4. The Balaban J connectivity index is 1.69. The van der Waals surface area contributed by atoms with Crippen LogP contribution in [0.2, 0.25) is 0 Å². The highest BCUT2D eigenvalue weighted by molar-refractivity contribution is 7.99. The van der Waals surface area contributed by atoms with Crippen LogP contribution in [0.5, 0.6) is 0 Å². The van der Waals surface area contributed by atoms with Gasteiger partial charge in [-0.2, -0.15) is 0 Å². The lowest BCUT2D eigenvalue weighted by molar-refractivity contribution is -0.115. The molecule has 0 aliphatic carbocycles. The van der Waals surface area contributed by atoms with Crippen molar-refractivity contribution in [2.24, 2.45) is 7.05 Å². The smallest absolute Gasteiger partial charge is 0.237 e. The van der Waals surface area contributed by atoms with Gasteiger partial charge in [-0.25, -0.2) is 0 Å². The molecule has 0 N–H and O–H groups in total. The maximum Gasteiger partial charge on any atom is 0.237 e. The zero-order chi connectivity index (χ0) is 17.8. The standard InChI is InChI=1S/C19H20N4OS/c1-14-8-7-9-15(12-14)18-20-21-19(23(18)3)25-13-17(24)22(2)16-10-5-4-6-11-16/h4-12H,13H2,1-3H3. The summed E-state index contributed by atoms with van der Waals surface area (Å²) in [4.78, 5) is 14.1. The highest BCUT2D eigenvalue weighted by Crippen LogP contribution is 2.24. The molecule has 0 saturated heterocycles. The summed E-state index contributed by atoms with van der Waals surface area (Å²) in [6, 6.07) is 17.8. The Kier molecular flexibility index (Phi) is 5.19. The first kappa shape index (κ1) is 17.2. The Morgan fingerprint density at radius 1 is 1.12 bits per heavy atom. The third-order valence-electron chi connectivity index (χ3n) is 3.95. The van der Waals surface area contributed by atoms with Gasteiger partial charge in [0, 0.05) is 25.3 Å². The fourth-order valence-corrected chi connectivity index (χ4v) is 3.32.